The molecule has 0 aliphatic carbocycles. The highest BCUT2D eigenvalue weighted by atomic mass is 19.3. The number of rotatable bonds is 5. The molecule has 0 fully saturated rings. The van der Waals surface area contributed by atoms with Gasteiger partial charge < -0.3 is 14.8 Å². The molecule has 0 saturated heterocycles. The number of methoxy groups -OCH3 is 1. The number of halogens is 2. The molecule has 0 aliphatic rings. The van der Waals surface area contributed by atoms with E-state index in [1.807, 2.05) is 0 Å². The fourth-order valence-electron chi connectivity index (χ4n) is 1.64. The van der Waals surface area contributed by atoms with Crippen LogP contribution in [0.1, 0.15) is 0 Å². The molecule has 0 atom stereocenters. The SMILES string of the molecule is CNc1ccnc(-c2ccc(OC)c(OC(F)F)c2)n1. The quantitative estimate of drug-likeness (QED) is 0.913. The molecule has 1 heterocycles. The third-order valence-corrected chi connectivity index (χ3v) is 2.55. The van der Waals surface area contributed by atoms with E-state index in [4.69, 9.17) is 4.74 Å². The number of ether oxygens (including phenoxy) is 2. The lowest BCUT2D eigenvalue weighted by Gasteiger charge is -2.11. The smallest absolute Gasteiger partial charge is 0.387 e. The standard InChI is InChI=1S/C13H13F2N3O2/c1-16-11-5-6-17-12(18-11)8-3-4-9(19-2)10(7-8)20-13(14)15/h3-7,13H,1-2H3,(H,16,17,18). The number of nitrogens with one attached hydrogen (secondary N) is 1. The third kappa shape index (κ3) is 3.11. The van der Waals surface area contributed by atoms with Crippen LogP contribution in [0.25, 0.3) is 11.4 Å². The molecule has 5 nitrogen and oxygen atoms in total. The first-order valence-corrected chi connectivity index (χ1v) is 5.78. The summed E-state index contributed by atoms with van der Waals surface area (Å²) >= 11 is 0. The van der Waals surface area contributed by atoms with Crippen molar-refractivity contribution in [3.05, 3.63) is 30.5 Å². The molecule has 0 aliphatic heterocycles. The van der Waals surface area contributed by atoms with Crippen molar-refractivity contribution in [2.45, 2.75) is 6.61 Å². The summed E-state index contributed by atoms with van der Waals surface area (Å²) in [5.41, 5.74) is 0.554. The molecule has 0 amide bonds. The molecular weight excluding hydrogens is 268 g/mol. The Morgan fingerprint density at radius 1 is 1.20 bits per heavy atom. The van der Waals surface area contributed by atoms with Gasteiger partial charge in [-0.3, -0.25) is 0 Å². The Kier molecular flexibility index (Phi) is 4.29. The molecule has 0 unspecified atom stereocenters. The number of aromatic nitrogens is 2. The highest BCUT2D eigenvalue weighted by Crippen LogP contribution is 2.32. The lowest BCUT2D eigenvalue weighted by atomic mass is 10.2. The number of hydrogen-bond acceptors (Lipinski definition) is 5. The minimum Gasteiger partial charge on any atom is -0.493 e. The largest absolute Gasteiger partial charge is 0.493 e. The Morgan fingerprint density at radius 2 is 2.00 bits per heavy atom. The van der Waals surface area contributed by atoms with Gasteiger partial charge in [-0.15, -0.1) is 0 Å². The van der Waals surface area contributed by atoms with E-state index in [1.54, 1.807) is 25.4 Å². The van der Waals surface area contributed by atoms with Crippen molar-refractivity contribution in [2.24, 2.45) is 0 Å². The van der Waals surface area contributed by atoms with Gasteiger partial charge in [0, 0.05) is 18.8 Å². The summed E-state index contributed by atoms with van der Waals surface area (Å²) in [6.45, 7) is -2.93. The highest BCUT2D eigenvalue weighted by molar-refractivity contribution is 5.62. The first kappa shape index (κ1) is 14.0. The number of hydrogen-bond donors (Lipinski definition) is 1. The van der Waals surface area contributed by atoms with Gasteiger partial charge in [0.2, 0.25) is 0 Å². The van der Waals surface area contributed by atoms with E-state index in [2.05, 4.69) is 20.0 Å². The zero-order valence-electron chi connectivity index (χ0n) is 10.9. The Bertz CT molecular complexity index is 594. The van der Waals surface area contributed by atoms with Crippen LogP contribution in [0.2, 0.25) is 0 Å². The van der Waals surface area contributed by atoms with Gasteiger partial charge in [0.15, 0.2) is 17.3 Å². The number of alkyl halides is 2. The first-order valence-electron chi connectivity index (χ1n) is 5.78. The second kappa shape index (κ2) is 6.14. The van der Waals surface area contributed by atoms with E-state index in [1.165, 1.54) is 19.2 Å². The molecule has 0 bridgehead atoms. The fourth-order valence-corrected chi connectivity index (χ4v) is 1.64. The third-order valence-electron chi connectivity index (χ3n) is 2.55. The van der Waals surface area contributed by atoms with Gasteiger partial charge in [-0.25, -0.2) is 9.97 Å². The summed E-state index contributed by atoms with van der Waals surface area (Å²) in [5, 5.41) is 2.88. The van der Waals surface area contributed by atoms with E-state index >= 15 is 0 Å². The molecule has 106 valence electrons. The summed E-state index contributed by atoms with van der Waals surface area (Å²) in [6.07, 6.45) is 1.58. The molecule has 7 heteroatoms. The average molecular weight is 281 g/mol. The van der Waals surface area contributed by atoms with Crippen LogP contribution in [0, 0.1) is 0 Å². The monoisotopic (exact) mass is 281 g/mol. The van der Waals surface area contributed by atoms with Gasteiger partial charge in [-0.1, -0.05) is 0 Å². The zero-order chi connectivity index (χ0) is 14.5. The van der Waals surface area contributed by atoms with Crippen LogP contribution in [-0.2, 0) is 0 Å². The predicted molar refractivity (Wildman–Crippen MR) is 70.2 cm³/mol. The van der Waals surface area contributed by atoms with E-state index in [9.17, 15) is 8.78 Å². The second-order valence-electron chi connectivity index (χ2n) is 3.76. The summed E-state index contributed by atoms with van der Waals surface area (Å²) in [4.78, 5) is 8.33. The molecule has 2 aromatic rings. The van der Waals surface area contributed by atoms with Gasteiger partial charge in [0.1, 0.15) is 5.82 Å². The second-order valence-corrected chi connectivity index (χ2v) is 3.76. The number of benzene rings is 1. The lowest BCUT2D eigenvalue weighted by molar-refractivity contribution is -0.0511. The summed E-state index contributed by atoms with van der Waals surface area (Å²) in [5.74, 6) is 1.19. The van der Waals surface area contributed by atoms with Crippen molar-refractivity contribution in [3.63, 3.8) is 0 Å². The molecule has 1 aromatic heterocycles. The molecule has 0 spiro atoms. The maximum Gasteiger partial charge on any atom is 0.387 e. The van der Waals surface area contributed by atoms with Crippen LogP contribution in [0.4, 0.5) is 14.6 Å². The molecule has 1 N–H and O–H groups in total. The van der Waals surface area contributed by atoms with Crippen LogP contribution in [0.3, 0.4) is 0 Å². The minimum absolute atomic E-state index is 0.0570. The minimum atomic E-state index is -2.93. The zero-order valence-corrected chi connectivity index (χ0v) is 10.9. The maximum absolute atomic E-state index is 12.4. The summed E-state index contributed by atoms with van der Waals surface area (Å²) in [7, 11) is 3.11. The molecule has 1 aromatic carbocycles. The normalized spacial score (nSPS) is 10.4. The Balaban J connectivity index is 2.41. The molecule has 2 rings (SSSR count). The van der Waals surface area contributed by atoms with Crippen molar-refractivity contribution in [1.82, 2.24) is 9.97 Å². The van der Waals surface area contributed by atoms with E-state index in [-0.39, 0.29) is 11.5 Å². The number of nitrogens with zero attached hydrogens (tertiary/aromatic N) is 2. The Hall–Kier alpha value is -2.44. The summed E-state index contributed by atoms with van der Waals surface area (Å²) in [6, 6.07) is 6.32. The van der Waals surface area contributed by atoms with Crippen LogP contribution < -0.4 is 14.8 Å². The van der Waals surface area contributed by atoms with Gasteiger partial charge >= 0.3 is 6.61 Å². The maximum atomic E-state index is 12.4. The van der Waals surface area contributed by atoms with E-state index in [0.29, 0.717) is 17.2 Å². The topological polar surface area (TPSA) is 56.3 Å². The van der Waals surface area contributed by atoms with Crippen LogP contribution in [0.5, 0.6) is 11.5 Å². The first-order chi connectivity index (χ1) is 9.63. The Morgan fingerprint density at radius 3 is 2.65 bits per heavy atom. The lowest BCUT2D eigenvalue weighted by Crippen LogP contribution is -2.04. The molecular formula is C13H13F2N3O2. The predicted octanol–water partition coefficient (Wildman–Crippen LogP) is 2.80. The van der Waals surface area contributed by atoms with Crippen LogP contribution in [0.15, 0.2) is 30.5 Å². The van der Waals surface area contributed by atoms with Crippen molar-refractivity contribution < 1.29 is 18.3 Å². The average Bonchev–Trinajstić information content (AvgIpc) is 2.46. The summed E-state index contributed by atoms with van der Waals surface area (Å²) < 4.78 is 34.1. The van der Waals surface area contributed by atoms with Crippen molar-refractivity contribution in [2.75, 3.05) is 19.5 Å². The van der Waals surface area contributed by atoms with Crippen molar-refractivity contribution in [1.29, 1.82) is 0 Å². The molecule has 0 saturated carbocycles. The van der Waals surface area contributed by atoms with Gasteiger partial charge in [0.05, 0.1) is 7.11 Å². The van der Waals surface area contributed by atoms with E-state index < -0.39 is 6.61 Å². The fraction of sp³-hybridized carbons (Fsp3) is 0.231. The van der Waals surface area contributed by atoms with Crippen LogP contribution >= 0.6 is 0 Å². The highest BCUT2D eigenvalue weighted by Gasteiger charge is 2.13. The van der Waals surface area contributed by atoms with Crippen LogP contribution in [-0.4, -0.2) is 30.7 Å². The van der Waals surface area contributed by atoms with Gasteiger partial charge in [-0.2, -0.15) is 8.78 Å². The molecule has 20 heavy (non-hydrogen) atoms. The Labute approximate surface area is 114 Å². The van der Waals surface area contributed by atoms with Gasteiger partial charge in [0.25, 0.3) is 0 Å². The van der Waals surface area contributed by atoms with E-state index in [0.717, 1.165) is 0 Å². The molecule has 0 radical (unpaired) electrons. The van der Waals surface area contributed by atoms with Crippen molar-refractivity contribution >= 4 is 5.82 Å². The van der Waals surface area contributed by atoms with Crippen molar-refractivity contribution in [3.8, 4) is 22.9 Å². The number of anilines is 1. The van der Waals surface area contributed by atoms with Gasteiger partial charge in [-0.05, 0) is 24.3 Å².